The van der Waals surface area contributed by atoms with Crippen molar-refractivity contribution in [2.45, 2.75) is 6.42 Å². The molecule has 0 aliphatic carbocycles. The van der Waals surface area contributed by atoms with E-state index in [-0.39, 0.29) is 11.8 Å². The van der Waals surface area contributed by atoms with E-state index in [2.05, 4.69) is 22.0 Å². The van der Waals surface area contributed by atoms with Gasteiger partial charge in [0.1, 0.15) is 5.75 Å². The Morgan fingerprint density at radius 2 is 1.73 bits per heavy atom. The Hall–Kier alpha value is -4.69. The van der Waals surface area contributed by atoms with Crippen LogP contribution >= 0.6 is 0 Å². The normalized spacial score (nSPS) is 12.4. The van der Waals surface area contributed by atoms with E-state index in [0.717, 1.165) is 46.1 Å². The predicted octanol–water partition coefficient (Wildman–Crippen LogP) is 4.75. The monoisotopic (exact) mass is 535 g/mol. The van der Waals surface area contributed by atoms with Gasteiger partial charge in [-0.25, -0.2) is 0 Å². The van der Waals surface area contributed by atoms with E-state index in [1.807, 2.05) is 91.8 Å². The molecule has 0 radical (unpaired) electrons. The summed E-state index contributed by atoms with van der Waals surface area (Å²) < 4.78 is 5.37. The summed E-state index contributed by atoms with van der Waals surface area (Å²) in [5.74, 6) is 0.488. The van der Waals surface area contributed by atoms with Gasteiger partial charge in [0.15, 0.2) is 0 Å². The summed E-state index contributed by atoms with van der Waals surface area (Å²) in [6.07, 6.45) is 0.645. The van der Waals surface area contributed by atoms with Gasteiger partial charge in [-0.05, 0) is 61.6 Å². The molecule has 0 atom stereocenters. The van der Waals surface area contributed by atoms with E-state index >= 15 is 0 Å². The highest BCUT2D eigenvalue weighted by atomic mass is 16.5. The molecule has 0 spiro atoms. The molecule has 0 unspecified atom stereocenters. The fourth-order valence-corrected chi connectivity index (χ4v) is 4.71. The van der Waals surface area contributed by atoms with Gasteiger partial charge in [-0.15, -0.1) is 0 Å². The Balaban J connectivity index is 1.47. The second kappa shape index (κ2) is 12.0. The van der Waals surface area contributed by atoms with Gasteiger partial charge in [0, 0.05) is 48.9 Å². The zero-order valence-electron chi connectivity index (χ0n) is 23.0. The van der Waals surface area contributed by atoms with Crippen LogP contribution in [0.1, 0.15) is 26.4 Å². The fourth-order valence-electron chi connectivity index (χ4n) is 4.71. The van der Waals surface area contributed by atoms with Crippen LogP contribution in [0.4, 0.5) is 11.4 Å². The summed E-state index contributed by atoms with van der Waals surface area (Å²) in [4.78, 5) is 32.5. The summed E-state index contributed by atoms with van der Waals surface area (Å²) in [5, 5.41) is 9.31. The van der Waals surface area contributed by atoms with E-state index in [4.69, 9.17) is 9.72 Å². The molecule has 2 amide bonds. The molecule has 3 N–H and O–H groups in total. The molecule has 1 aliphatic rings. The molecule has 0 saturated carbocycles. The van der Waals surface area contributed by atoms with Crippen molar-refractivity contribution in [3.63, 3.8) is 0 Å². The van der Waals surface area contributed by atoms with Gasteiger partial charge in [0.2, 0.25) is 0 Å². The summed E-state index contributed by atoms with van der Waals surface area (Å²) in [5.41, 5.74) is 7.02. The lowest BCUT2D eigenvalue weighted by Gasteiger charge is -2.21. The first-order valence-corrected chi connectivity index (χ1v) is 13.3. The predicted molar refractivity (Wildman–Crippen MR) is 158 cm³/mol. The van der Waals surface area contributed by atoms with Crippen LogP contribution in [0.2, 0.25) is 0 Å². The van der Waals surface area contributed by atoms with Crippen molar-refractivity contribution in [3.8, 4) is 28.1 Å². The van der Waals surface area contributed by atoms with E-state index in [9.17, 15) is 9.59 Å². The van der Waals surface area contributed by atoms with Crippen LogP contribution in [0.25, 0.3) is 22.4 Å². The van der Waals surface area contributed by atoms with E-state index in [1.54, 1.807) is 7.11 Å². The van der Waals surface area contributed by atoms with Crippen LogP contribution in [0, 0.1) is 0 Å². The lowest BCUT2D eigenvalue weighted by molar-refractivity contribution is 0.0940. The number of ether oxygens (including phenoxy) is 1. The van der Waals surface area contributed by atoms with E-state index in [0.29, 0.717) is 36.3 Å². The number of methoxy groups -OCH3 is 1. The van der Waals surface area contributed by atoms with Crippen molar-refractivity contribution in [2.24, 2.45) is 0 Å². The van der Waals surface area contributed by atoms with Gasteiger partial charge in [-0.1, -0.05) is 36.4 Å². The highest BCUT2D eigenvalue weighted by Crippen LogP contribution is 2.33. The highest BCUT2D eigenvalue weighted by molar-refractivity contribution is 6.03. The molecule has 8 heteroatoms. The summed E-state index contributed by atoms with van der Waals surface area (Å²) in [6, 6.07) is 25.2. The highest BCUT2D eigenvalue weighted by Gasteiger charge is 2.24. The lowest BCUT2D eigenvalue weighted by atomic mass is 9.97. The molecule has 5 rings (SSSR count). The number of benzene rings is 3. The standard InChI is InChI=1S/C32H33N5O3/c1-37(2)16-15-34-31(38)24-10-5-8-22(18-24)21-7-4-9-23(17-21)28-20-29(30-27(36-28)13-14-33-32(30)39)35-25-11-6-12-26(19-25)40-3/h4-12,17-20H,13-16H2,1-3H3,(H,33,39)(H,34,38)(H,35,36). The smallest absolute Gasteiger partial charge is 0.255 e. The maximum Gasteiger partial charge on any atom is 0.255 e. The molecule has 4 aromatic rings. The third-order valence-electron chi connectivity index (χ3n) is 6.78. The molecule has 0 saturated heterocycles. The van der Waals surface area contributed by atoms with Gasteiger partial charge in [-0.3, -0.25) is 14.6 Å². The molecule has 8 nitrogen and oxygen atoms in total. The Bertz CT molecular complexity index is 1550. The van der Waals surface area contributed by atoms with Gasteiger partial charge in [0.25, 0.3) is 11.8 Å². The molecule has 2 heterocycles. The second-order valence-corrected chi connectivity index (χ2v) is 9.96. The number of likely N-dealkylation sites (N-methyl/N-ethyl adjacent to an activating group) is 1. The number of nitrogens with zero attached hydrogens (tertiary/aromatic N) is 2. The summed E-state index contributed by atoms with van der Waals surface area (Å²) in [7, 11) is 5.58. The van der Waals surface area contributed by atoms with Crippen LogP contribution in [0.5, 0.6) is 5.75 Å². The third kappa shape index (κ3) is 6.13. The topological polar surface area (TPSA) is 95.6 Å². The van der Waals surface area contributed by atoms with Crippen molar-refractivity contribution in [3.05, 3.63) is 95.7 Å². The van der Waals surface area contributed by atoms with E-state index < -0.39 is 0 Å². The molecule has 204 valence electrons. The number of fused-ring (bicyclic) bond motifs is 1. The second-order valence-electron chi connectivity index (χ2n) is 9.96. The Labute approximate surface area is 234 Å². The van der Waals surface area contributed by atoms with Crippen molar-refractivity contribution in [1.29, 1.82) is 0 Å². The first kappa shape index (κ1) is 26.9. The van der Waals surface area contributed by atoms with Gasteiger partial charge in [0.05, 0.1) is 29.7 Å². The van der Waals surface area contributed by atoms with Gasteiger partial charge < -0.3 is 25.6 Å². The number of aromatic nitrogens is 1. The molecule has 1 aromatic heterocycles. The third-order valence-corrected chi connectivity index (χ3v) is 6.78. The quantitative estimate of drug-likeness (QED) is 0.287. The van der Waals surface area contributed by atoms with Crippen LogP contribution in [-0.2, 0) is 6.42 Å². The molecular formula is C32H33N5O3. The Morgan fingerprint density at radius 1 is 0.975 bits per heavy atom. The number of hydrogen-bond donors (Lipinski definition) is 3. The summed E-state index contributed by atoms with van der Waals surface area (Å²) >= 11 is 0. The van der Waals surface area contributed by atoms with Crippen LogP contribution in [0.15, 0.2) is 78.9 Å². The van der Waals surface area contributed by atoms with Gasteiger partial charge in [-0.2, -0.15) is 0 Å². The molecule has 1 aliphatic heterocycles. The molecule has 0 bridgehead atoms. The number of hydrogen-bond acceptors (Lipinski definition) is 6. The number of rotatable bonds is 9. The minimum atomic E-state index is -0.139. The number of pyridine rings is 1. The van der Waals surface area contributed by atoms with Crippen LogP contribution < -0.4 is 20.7 Å². The van der Waals surface area contributed by atoms with Crippen molar-refractivity contribution < 1.29 is 14.3 Å². The Kier molecular flexibility index (Phi) is 8.07. The largest absolute Gasteiger partial charge is 0.497 e. The minimum absolute atomic E-state index is 0.0947. The van der Waals surface area contributed by atoms with Crippen LogP contribution in [0.3, 0.4) is 0 Å². The van der Waals surface area contributed by atoms with Crippen molar-refractivity contribution >= 4 is 23.2 Å². The number of anilines is 2. The number of nitrogens with one attached hydrogen (secondary N) is 3. The molecule has 40 heavy (non-hydrogen) atoms. The SMILES string of the molecule is COc1cccc(Nc2cc(-c3cccc(-c4cccc(C(=O)NCCN(C)C)c4)c3)nc3c2C(=O)NCC3)c1. The maximum absolute atomic E-state index is 12.8. The molecule has 3 aromatic carbocycles. The average molecular weight is 536 g/mol. The number of carbonyl (C=O) groups is 2. The fraction of sp³-hybridized carbons (Fsp3) is 0.219. The number of carbonyl (C=O) groups excluding carboxylic acids is 2. The minimum Gasteiger partial charge on any atom is -0.497 e. The molecule has 0 fully saturated rings. The Morgan fingerprint density at radius 3 is 2.52 bits per heavy atom. The lowest BCUT2D eigenvalue weighted by Crippen LogP contribution is -2.33. The first-order chi connectivity index (χ1) is 19.4. The zero-order valence-corrected chi connectivity index (χ0v) is 23.0. The average Bonchev–Trinajstić information content (AvgIpc) is 2.97. The first-order valence-electron chi connectivity index (χ1n) is 13.3. The van der Waals surface area contributed by atoms with Crippen molar-refractivity contribution in [2.75, 3.05) is 46.2 Å². The van der Waals surface area contributed by atoms with Gasteiger partial charge >= 0.3 is 0 Å². The maximum atomic E-state index is 12.8. The number of amides is 2. The van der Waals surface area contributed by atoms with Crippen LogP contribution in [-0.4, -0.2) is 62.5 Å². The van der Waals surface area contributed by atoms with Crippen molar-refractivity contribution in [1.82, 2.24) is 20.5 Å². The summed E-state index contributed by atoms with van der Waals surface area (Å²) in [6.45, 7) is 1.90. The molecular weight excluding hydrogens is 502 g/mol. The van der Waals surface area contributed by atoms with E-state index in [1.165, 1.54) is 0 Å². The zero-order chi connectivity index (χ0) is 28.1.